The van der Waals surface area contributed by atoms with Gasteiger partial charge in [-0.15, -0.1) is 0 Å². The van der Waals surface area contributed by atoms with Gasteiger partial charge in [0.2, 0.25) is 0 Å². The average molecular weight is 396 g/mol. The first-order valence-electron chi connectivity index (χ1n) is 5.61. The summed E-state index contributed by atoms with van der Waals surface area (Å²) in [6, 6.07) is 5.25. The van der Waals surface area contributed by atoms with Gasteiger partial charge in [0.25, 0.3) is 5.91 Å². The summed E-state index contributed by atoms with van der Waals surface area (Å²) in [6.07, 6.45) is -0.908. The molecule has 0 spiro atoms. The molecular formula is C12H11ClINO4. The Morgan fingerprint density at radius 3 is 2.68 bits per heavy atom. The van der Waals surface area contributed by atoms with E-state index in [1.54, 1.807) is 12.1 Å². The van der Waals surface area contributed by atoms with Gasteiger partial charge in [0.15, 0.2) is 6.10 Å². The van der Waals surface area contributed by atoms with Crippen LogP contribution >= 0.6 is 34.2 Å². The molecule has 1 saturated heterocycles. The third kappa shape index (κ3) is 3.58. The maximum Gasteiger partial charge on any atom is 0.332 e. The number of hydrogen-bond acceptors (Lipinski definition) is 3. The number of carboxylic acid groups (broad SMARTS) is 1. The van der Waals surface area contributed by atoms with Gasteiger partial charge in [-0.2, -0.15) is 0 Å². The first kappa shape index (κ1) is 14.5. The second-order valence-corrected chi connectivity index (χ2v) is 5.80. The van der Waals surface area contributed by atoms with Gasteiger partial charge in [-0.05, 0) is 53.6 Å². The molecule has 1 aromatic carbocycles. The van der Waals surface area contributed by atoms with Crippen molar-refractivity contribution in [3.05, 3.63) is 26.8 Å². The standard InChI is InChI=1S/C12H11ClINO4/c13-7-2-1-6(14)5-8(7)15-11(16)9-3-4-10(19-9)12(17)18/h1-2,5,9-10H,3-4H2,(H,15,16)(H,17,18)/t9-,10+/m0/s1. The Morgan fingerprint density at radius 2 is 2.05 bits per heavy atom. The van der Waals surface area contributed by atoms with Crippen LogP contribution in [0.1, 0.15) is 12.8 Å². The van der Waals surface area contributed by atoms with E-state index in [0.29, 0.717) is 23.6 Å². The van der Waals surface area contributed by atoms with Crippen LogP contribution in [0, 0.1) is 3.57 Å². The predicted molar refractivity (Wildman–Crippen MR) is 78.3 cm³/mol. The zero-order chi connectivity index (χ0) is 14.0. The third-order valence-electron chi connectivity index (χ3n) is 2.77. The lowest BCUT2D eigenvalue weighted by Crippen LogP contribution is -2.30. The average Bonchev–Trinajstić information content (AvgIpc) is 2.83. The number of anilines is 1. The van der Waals surface area contributed by atoms with Gasteiger partial charge >= 0.3 is 5.97 Å². The molecule has 0 bridgehead atoms. The Labute approximate surface area is 128 Å². The number of rotatable bonds is 3. The van der Waals surface area contributed by atoms with Crippen molar-refractivity contribution in [3.8, 4) is 0 Å². The maximum atomic E-state index is 12.0. The van der Waals surface area contributed by atoms with Crippen LogP contribution in [0.15, 0.2) is 18.2 Å². The molecule has 7 heteroatoms. The largest absolute Gasteiger partial charge is 0.479 e. The van der Waals surface area contributed by atoms with Gasteiger partial charge < -0.3 is 15.2 Å². The van der Waals surface area contributed by atoms with Crippen molar-refractivity contribution >= 4 is 51.8 Å². The molecule has 102 valence electrons. The first-order chi connectivity index (χ1) is 8.97. The number of hydrogen-bond donors (Lipinski definition) is 2. The summed E-state index contributed by atoms with van der Waals surface area (Å²) in [7, 11) is 0. The predicted octanol–water partition coefficient (Wildman–Crippen LogP) is 2.52. The Bertz CT molecular complexity index is 522. The van der Waals surface area contributed by atoms with Crippen molar-refractivity contribution in [2.24, 2.45) is 0 Å². The Kier molecular flexibility index (Phi) is 4.64. The zero-order valence-electron chi connectivity index (χ0n) is 9.73. The molecule has 2 N–H and O–H groups in total. The van der Waals surface area contributed by atoms with Gasteiger partial charge in [0.05, 0.1) is 10.7 Å². The van der Waals surface area contributed by atoms with Gasteiger partial charge in [-0.3, -0.25) is 4.79 Å². The lowest BCUT2D eigenvalue weighted by atomic mass is 10.2. The molecule has 2 atom stereocenters. The minimum atomic E-state index is -1.04. The third-order valence-corrected chi connectivity index (χ3v) is 3.77. The molecule has 1 fully saturated rings. The van der Waals surface area contributed by atoms with Crippen LogP contribution in [0.2, 0.25) is 5.02 Å². The summed E-state index contributed by atoms with van der Waals surface area (Å²) in [6.45, 7) is 0. The number of carbonyl (C=O) groups excluding carboxylic acids is 1. The first-order valence-corrected chi connectivity index (χ1v) is 7.07. The summed E-state index contributed by atoms with van der Waals surface area (Å²) >= 11 is 8.08. The molecule has 2 rings (SSSR count). The molecule has 1 heterocycles. The van der Waals surface area contributed by atoms with Crippen LogP contribution in [-0.4, -0.2) is 29.2 Å². The molecule has 0 aromatic heterocycles. The lowest BCUT2D eigenvalue weighted by Gasteiger charge is -2.13. The summed E-state index contributed by atoms with van der Waals surface area (Å²) in [4.78, 5) is 22.7. The SMILES string of the molecule is O=C(Nc1cc(I)ccc1Cl)[C@@H]1CC[C@H](C(=O)O)O1. The van der Waals surface area contributed by atoms with Crippen molar-refractivity contribution in [1.29, 1.82) is 0 Å². The van der Waals surface area contributed by atoms with Gasteiger partial charge in [-0.25, -0.2) is 4.79 Å². The van der Waals surface area contributed by atoms with Crippen molar-refractivity contribution in [2.45, 2.75) is 25.0 Å². The van der Waals surface area contributed by atoms with Crippen LogP contribution in [0.3, 0.4) is 0 Å². The smallest absolute Gasteiger partial charge is 0.332 e. The summed E-state index contributed by atoms with van der Waals surface area (Å²) in [5.41, 5.74) is 0.501. The molecular weight excluding hydrogens is 384 g/mol. The number of amides is 1. The number of halogens is 2. The highest BCUT2D eigenvalue weighted by Gasteiger charge is 2.34. The molecule has 0 unspecified atom stereocenters. The number of nitrogens with one attached hydrogen (secondary N) is 1. The molecule has 0 radical (unpaired) electrons. The molecule has 0 aliphatic carbocycles. The van der Waals surface area contributed by atoms with Crippen molar-refractivity contribution in [1.82, 2.24) is 0 Å². The topological polar surface area (TPSA) is 75.6 Å². The van der Waals surface area contributed by atoms with Gasteiger partial charge in [0.1, 0.15) is 6.10 Å². The zero-order valence-corrected chi connectivity index (χ0v) is 12.6. The van der Waals surface area contributed by atoms with Crippen molar-refractivity contribution < 1.29 is 19.4 Å². The van der Waals surface area contributed by atoms with Crippen LogP contribution in [0.4, 0.5) is 5.69 Å². The minimum Gasteiger partial charge on any atom is -0.479 e. The number of benzene rings is 1. The van der Waals surface area contributed by atoms with Crippen LogP contribution < -0.4 is 5.32 Å². The van der Waals surface area contributed by atoms with Crippen LogP contribution in [-0.2, 0) is 14.3 Å². The molecule has 1 aromatic rings. The van der Waals surface area contributed by atoms with Gasteiger partial charge in [-0.1, -0.05) is 11.6 Å². The molecule has 19 heavy (non-hydrogen) atoms. The number of carboxylic acids is 1. The highest BCUT2D eigenvalue weighted by molar-refractivity contribution is 14.1. The molecule has 0 saturated carbocycles. The van der Waals surface area contributed by atoms with E-state index in [2.05, 4.69) is 27.9 Å². The van der Waals surface area contributed by atoms with Crippen LogP contribution in [0.25, 0.3) is 0 Å². The summed E-state index contributed by atoms with van der Waals surface area (Å²) in [5, 5.41) is 11.9. The summed E-state index contributed by atoms with van der Waals surface area (Å²) < 4.78 is 6.11. The Hall–Kier alpha value is -0.860. The summed E-state index contributed by atoms with van der Waals surface area (Å²) in [5.74, 6) is -1.41. The van der Waals surface area contributed by atoms with Crippen molar-refractivity contribution in [2.75, 3.05) is 5.32 Å². The van der Waals surface area contributed by atoms with Crippen LogP contribution in [0.5, 0.6) is 0 Å². The molecule has 5 nitrogen and oxygen atoms in total. The fourth-order valence-electron chi connectivity index (χ4n) is 1.82. The normalized spacial score (nSPS) is 22.2. The van der Waals surface area contributed by atoms with E-state index in [-0.39, 0.29) is 5.91 Å². The van der Waals surface area contributed by atoms with Crippen molar-refractivity contribution in [3.63, 3.8) is 0 Å². The minimum absolute atomic E-state index is 0.341. The van der Waals surface area contributed by atoms with Gasteiger partial charge in [0, 0.05) is 3.57 Å². The van der Waals surface area contributed by atoms with E-state index in [9.17, 15) is 9.59 Å². The molecule has 1 aliphatic rings. The van der Waals surface area contributed by atoms with E-state index < -0.39 is 18.2 Å². The Morgan fingerprint density at radius 1 is 1.37 bits per heavy atom. The van der Waals surface area contributed by atoms with E-state index >= 15 is 0 Å². The second-order valence-electron chi connectivity index (χ2n) is 4.14. The monoisotopic (exact) mass is 395 g/mol. The molecule has 1 amide bonds. The number of ether oxygens (including phenoxy) is 1. The van der Waals surface area contributed by atoms with E-state index in [1.807, 2.05) is 6.07 Å². The number of aliphatic carboxylic acids is 1. The lowest BCUT2D eigenvalue weighted by molar-refractivity contribution is -0.150. The second kappa shape index (κ2) is 6.06. The van der Waals surface area contributed by atoms with E-state index in [0.717, 1.165) is 3.57 Å². The number of carbonyl (C=O) groups is 2. The highest BCUT2D eigenvalue weighted by atomic mass is 127. The fourth-order valence-corrected chi connectivity index (χ4v) is 2.47. The maximum absolute atomic E-state index is 12.0. The van der Waals surface area contributed by atoms with E-state index in [4.69, 9.17) is 21.4 Å². The Balaban J connectivity index is 2.02. The van der Waals surface area contributed by atoms with E-state index in [1.165, 1.54) is 0 Å². The fraction of sp³-hybridized carbons (Fsp3) is 0.333. The highest BCUT2D eigenvalue weighted by Crippen LogP contribution is 2.26. The molecule has 1 aliphatic heterocycles. The quantitative estimate of drug-likeness (QED) is 0.771.